The van der Waals surface area contributed by atoms with Crippen LogP contribution in [0.25, 0.3) is 33.0 Å². The van der Waals surface area contributed by atoms with Crippen LogP contribution in [-0.4, -0.2) is 7.11 Å². The van der Waals surface area contributed by atoms with Gasteiger partial charge in [-0.2, -0.15) is 5.26 Å². The number of ether oxygens (including phenoxy) is 1. The van der Waals surface area contributed by atoms with Crippen LogP contribution in [0.2, 0.25) is 0 Å². The van der Waals surface area contributed by atoms with Crippen molar-refractivity contribution < 1.29 is 4.74 Å². The van der Waals surface area contributed by atoms with E-state index in [4.69, 9.17) is 10.00 Å². The maximum absolute atomic E-state index is 9.14. The highest BCUT2D eigenvalue weighted by Gasteiger charge is 2.15. The number of rotatable bonds is 11. The smallest absolute Gasteiger partial charge is 0.122 e. The minimum absolute atomic E-state index is 0.539. The second-order valence-corrected chi connectivity index (χ2v) is 12.6. The molecule has 0 amide bonds. The summed E-state index contributed by atoms with van der Waals surface area (Å²) in [7, 11) is 1.76. The third-order valence-electron chi connectivity index (χ3n) is 8.22. The Balaban J connectivity index is 1.66. The third kappa shape index (κ3) is 7.18. The molecule has 2 nitrogen and oxygen atoms in total. The van der Waals surface area contributed by atoms with E-state index in [0.29, 0.717) is 18.3 Å². The predicted octanol–water partition coefficient (Wildman–Crippen LogP) is 10.6. The van der Waals surface area contributed by atoms with Gasteiger partial charge >= 0.3 is 0 Å². The number of benzene rings is 5. The number of methoxy groups -OCH3 is 1. The van der Waals surface area contributed by atoms with Gasteiger partial charge in [-0.15, -0.1) is 0 Å². The minimum atomic E-state index is 0.539. The number of nitriles is 1. The molecule has 2 heteroatoms. The summed E-state index contributed by atoms with van der Waals surface area (Å²) in [5.74, 6) is 2.04. The molecule has 0 saturated heterocycles. The van der Waals surface area contributed by atoms with E-state index in [2.05, 4.69) is 131 Å². The number of hydrogen-bond donors (Lipinski definition) is 0. The lowest BCUT2D eigenvalue weighted by Crippen LogP contribution is -2.01. The van der Waals surface area contributed by atoms with Gasteiger partial charge in [-0.05, 0) is 110 Å². The maximum atomic E-state index is 9.14. The van der Waals surface area contributed by atoms with Gasteiger partial charge < -0.3 is 4.74 Å². The molecule has 5 aromatic rings. The molecule has 0 unspecified atom stereocenters. The molecular weight excluding hydrogens is 522 g/mol. The van der Waals surface area contributed by atoms with Crippen molar-refractivity contribution in [3.05, 3.63) is 125 Å². The quantitative estimate of drug-likeness (QED) is 0.160. The molecule has 0 heterocycles. The highest BCUT2D eigenvalue weighted by atomic mass is 16.5. The molecule has 0 aliphatic carbocycles. The van der Waals surface area contributed by atoms with Crippen LogP contribution in [0.3, 0.4) is 0 Å². The van der Waals surface area contributed by atoms with E-state index in [-0.39, 0.29) is 0 Å². The normalized spacial score (nSPS) is 11.3. The van der Waals surface area contributed by atoms with Crippen molar-refractivity contribution in [2.45, 2.75) is 59.8 Å². The Morgan fingerprint density at radius 1 is 0.651 bits per heavy atom. The summed E-state index contributed by atoms with van der Waals surface area (Å²) < 4.78 is 5.75. The first kappa shape index (κ1) is 30.1. The van der Waals surface area contributed by atoms with Crippen LogP contribution in [0, 0.1) is 23.2 Å². The van der Waals surface area contributed by atoms with E-state index < -0.39 is 0 Å². The van der Waals surface area contributed by atoms with Crippen LogP contribution < -0.4 is 4.74 Å². The molecule has 0 bridgehead atoms. The first-order valence-electron chi connectivity index (χ1n) is 15.6. The summed E-state index contributed by atoms with van der Waals surface area (Å²) in [5.41, 5.74) is 11.5. The Morgan fingerprint density at radius 3 is 2.05 bits per heavy atom. The van der Waals surface area contributed by atoms with E-state index in [1.165, 1.54) is 60.8 Å². The van der Waals surface area contributed by atoms with Gasteiger partial charge in [-0.1, -0.05) is 113 Å². The van der Waals surface area contributed by atoms with Crippen molar-refractivity contribution in [3.8, 4) is 34.1 Å². The van der Waals surface area contributed by atoms with E-state index in [1.807, 2.05) is 0 Å². The molecule has 5 aromatic carbocycles. The van der Waals surface area contributed by atoms with Crippen molar-refractivity contribution in [1.82, 2.24) is 0 Å². The summed E-state index contributed by atoms with van der Waals surface area (Å²) in [6, 6.07) is 38.1. The summed E-state index contributed by atoms with van der Waals surface area (Å²) in [6.07, 6.45) is 4.17. The highest BCUT2D eigenvalue weighted by molar-refractivity contribution is 5.86. The summed E-state index contributed by atoms with van der Waals surface area (Å²) in [4.78, 5) is 0. The van der Waals surface area contributed by atoms with E-state index in [9.17, 15) is 0 Å². The summed E-state index contributed by atoms with van der Waals surface area (Å²) in [5, 5.41) is 11.7. The zero-order valence-corrected chi connectivity index (χ0v) is 26.3. The molecule has 0 aromatic heterocycles. The fraction of sp³-hybridized carbons (Fsp3) is 0.293. The van der Waals surface area contributed by atoms with Gasteiger partial charge in [-0.25, -0.2) is 0 Å². The van der Waals surface area contributed by atoms with Crippen LogP contribution in [0.4, 0.5) is 0 Å². The van der Waals surface area contributed by atoms with Crippen molar-refractivity contribution in [2.24, 2.45) is 11.8 Å². The molecule has 5 rings (SSSR count). The number of nitrogens with zero attached hydrogens (tertiary/aromatic N) is 1. The van der Waals surface area contributed by atoms with Crippen LogP contribution >= 0.6 is 0 Å². The van der Waals surface area contributed by atoms with Gasteiger partial charge in [0.2, 0.25) is 0 Å². The first-order valence-corrected chi connectivity index (χ1v) is 15.6. The topological polar surface area (TPSA) is 33.0 Å². The molecule has 0 aliphatic heterocycles. The fourth-order valence-electron chi connectivity index (χ4n) is 6.28. The van der Waals surface area contributed by atoms with Crippen molar-refractivity contribution in [2.75, 3.05) is 7.11 Å². The molecule has 0 fully saturated rings. The van der Waals surface area contributed by atoms with Crippen molar-refractivity contribution >= 4 is 10.8 Å². The van der Waals surface area contributed by atoms with Crippen molar-refractivity contribution in [1.29, 1.82) is 5.26 Å². The van der Waals surface area contributed by atoms with E-state index in [1.54, 1.807) is 7.11 Å². The summed E-state index contributed by atoms with van der Waals surface area (Å²) in [6.45, 7) is 9.07. The Bertz CT molecular complexity index is 1750. The Morgan fingerprint density at radius 2 is 1.30 bits per heavy atom. The van der Waals surface area contributed by atoms with Gasteiger partial charge in [0.05, 0.1) is 13.2 Å². The van der Waals surface area contributed by atoms with Gasteiger partial charge in [0.25, 0.3) is 0 Å². The molecule has 0 atom stereocenters. The minimum Gasteiger partial charge on any atom is -0.496 e. The van der Waals surface area contributed by atoms with Gasteiger partial charge in [0, 0.05) is 6.42 Å². The zero-order valence-electron chi connectivity index (χ0n) is 26.3. The highest BCUT2D eigenvalue weighted by Crippen LogP contribution is 2.36. The second-order valence-electron chi connectivity index (χ2n) is 12.6. The lowest BCUT2D eigenvalue weighted by molar-refractivity contribution is 0.407. The monoisotopic (exact) mass is 565 g/mol. The van der Waals surface area contributed by atoms with Crippen LogP contribution in [0.1, 0.15) is 61.9 Å². The molecule has 0 saturated carbocycles. The van der Waals surface area contributed by atoms with E-state index in [0.717, 1.165) is 31.4 Å². The number of fused-ring (bicyclic) bond motifs is 1. The molecule has 43 heavy (non-hydrogen) atoms. The average Bonchev–Trinajstić information content (AvgIpc) is 3.00. The van der Waals surface area contributed by atoms with Gasteiger partial charge in [0.1, 0.15) is 5.75 Å². The van der Waals surface area contributed by atoms with E-state index >= 15 is 0 Å². The lowest BCUT2D eigenvalue weighted by atomic mass is 9.86. The largest absolute Gasteiger partial charge is 0.496 e. The standard InChI is InChI=1S/C41H43NO/c1-28(2)22-35-24-30(10-9-21-42)15-18-39(35)33-16-19-40(34-17-20-41(43-5)37(27-34)23-29(3)4)36(26-33)25-32-13-8-12-31-11-6-7-14-38(31)32/h6-8,11-20,24,26-29H,9-10,22-23,25H2,1-5H3. The molecule has 0 radical (unpaired) electrons. The lowest BCUT2D eigenvalue weighted by Gasteiger charge is -2.19. The molecule has 0 aliphatic rings. The fourth-order valence-corrected chi connectivity index (χ4v) is 6.28. The number of hydrogen-bond acceptors (Lipinski definition) is 2. The number of aryl methyl sites for hydroxylation is 1. The zero-order chi connectivity index (χ0) is 30.3. The molecule has 0 N–H and O–H groups in total. The third-order valence-corrected chi connectivity index (χ3v) is 8.22. The summed E-state index contributed by atoms with van der Waals surface area (Å²) >= 11 is 0. The molecular formula is C41H43NO. The van der Waals surface area contributed by atoms with Gasteiger partial charge in [0.15, 0.2) is 0 Å². The SMILES string of the molecule is COc1ccc(-c2ccc(-c3ccc(CCC#N)cc3CC(C)C)cc2Cc2cccc3ccccc23)cc1CC(C)C. The average molecular weight is 566 g/mol. The second kappa shape index (κ2) is 13.7. The predicted molar refractivity (Wildman–Crippen MR) is 182 cm³/mol. The van der Waals surface area contributed by atoms with Crippen LogP contribution in [-0.2, 0) is 25.7 Å². The van der Waals surface area contributed by atoms with Crippen LogP contribution in [0.15, 0.2) is 97.1 Å². The van der Waals surface area contributed by atoms with Crippen molar-refractivity contribution in [3.63, 3.8) is 0 Å². The molecule has 218 valence electrons. The maximum Gasteiger partial charge on any atom is 0.122 e. The van der Waals surface area contributed by atoms with Crippen LogP contribution in [0.5, 0.6) is 5.75 Å². The Labute approximate surface area is 258 Å². The Kier molecular flexibility index (Phi) is 9.63. The van der Waals surface area contributed by atoms with Gasteiger partial charge in [-0.3, -0.25) is 0 Å². The Hall–Kier alpha value is -4.35. The molecule has 0 spiro atoms. The first-order chi connectivity index (χ1) is 20.9.